The van der Waals surface area contributed by atoms with Crippen molar-refractivity contribution in [2.75, 3.05) is 6.61 Å². The highest BCUT2D eigenvalue weighted by Crippen LogP contribution is 2.62. The number of carbonyl (C=O) groups is 5. The van der Waals surface area contributed by atoms with E-state index in [1.165, 1.54) is 24.5 Å². The van der Waals surface area contributed by atoms with Gasteiger partial charge in [-0.15, -0.1) is 0 Å². The predicted octanol–water partition coefficient (Wildman–Crippen LogP) is 5.77. The minimum absolute atomic E-state index is 0.0402. The lowest BCUT2D eigenvalue weighted by Gasteiger charge is -2.63. The van der Waals surface area contributed by atoms with Crippen LogP contribution in [0.1, 0.15) is 89.6 Å². The second-order valence-electron chi connectivity index (χ2n) is 17.5. The maximum absolute atomic E-state index is 15.0. The first-order valence-corrected chi connectivity index (χ1v) is 20.9. The Kier molecular flexibility index (Phi) is 11.5. The second kappa shape index (κ2) is 16.7. The van der Waals surface area contributed by atoms with Gasteiger partial charge in [-0.05, 0) is 61.4 Å². The van der Waals surface area contributed by atoms with E-state index < -0.39 is 82.7 Å². The van der Waals surface area contributed by atoms with E-state index in [4.69, 9.17) is 18.9 Å². The summed E-state index contributed by atoms with van der Waals surface area (Å²) in [4.78, 5) is 75.5. The van der Waals surface area contributed by atoms with Crippen LogP contribution < -0.4 is 5.32 Å². The Morgan fingerprint density at radius 3 is 2.08 bits per heavy atom. The van der Waals surface area contributed by atoms with Crippen LogP contribution >= 0.6 is 0 Å². The number of hydrogen-bond acceptors (Lipinski definition) is 12. The van der Waals surface area contributed by atoms with Crippen molar-refractivity contribution in [3.63, 3.8) is 0 Å². The molecule has 1 aliphatic heterocycles. The fourth-order valence-electron chi connectivity index (χ4n) is 10.1. The van der Waals surface area contributed by atoms with Crippen molar-refractivity contribution in [2.45, 2.75) is 89.1 Å². The normalized spacial score (nSPS) is 29.5. The minimum Gasteiger partial charge on any atom is -0.455 e. The van der Waals surface area contributed by atoms with Crippen molar-refractivity contribution >= 4 is 29.6 Å². The van der Waals surface area contributed by atoms with E-state index in [1.54, 1.807) is 119 Å². The third kappa shape index (κ3) is 7.41. The first-order chi connectivity index (χ1) is 29.6. The lowest BCUT2D eigenvalue weighted by molar-refractivity contribution is -0.274. The number of pyridine rings is 1. The number of aliphatic hydroxyl groups excluding tert-OH is 1. The third-order valence-corrected chi connectivity index (χ3v) is 14.0. The molecule has 62 heavy (non-hydrogen) atoms. The zero-order valence-corrected chi connectivity index (χ0v) is 34.9. The Morgan fingerprint density at radius 2 is 1.47 bits per heavy atom. The number of ether oxygens (including phenoxy) is 4. The van der Waals surface area contributed by atoms with Gasteiger partial charge in [0, 0.05) is 54.5 Å². The number of Topliss-reactive ketones (excluding diaryl/α,β-unsaturated/α-hetero) is 1. The van der Waals surface area contributed by atoms with Crippen LogP contribution in [0.2, 0.25) is 0 Å². The largest absolute Gasteiger partial charge is 0.455 e. The standard InChI is InChI=1S/C49H50N2O11/c1-28-34-23-37(52)48(4)38(53)24-35-33(27-59-35)39(48)42(62-44(55)31-19-12-7-13-20-31)49(58,47(34,2)3)25-36(28)60-46(57)41(61-45(56)32-21-14-22-50-26-32)40(29-15-8-5-9-16-29)51-43(54)30-17-10-6-11-18-30/h5-22,26,33,35-36,38-42,53,58H,23-25,27H2,1-4H3,(H,51,54)/t33?,35-,36+,38+,39+,40+,41-,42+,48-,49-/m1/s1. The zero-order valence-electron chi connectivity index (χ0n) is 34.9. The van der Waals surface area contributed by atoms with Gasteiger partial charge in [-0.1, -0.05) is 86.2 Å². The van der Waals surface area contributed by atoms with Crippen molar-refractivity contribution in [1.29, 1.82) is 0 Å². The highest BCUT2D eigenvalue weighted by atomic mass is 16.6. The first kappa shape index (κ1) is 42.7. The molecule has 13 heteroatoms. The maximum atomic E-state index is 15.0. The summed E-state index contributed by atoms with van der Waals surface area (Å²) < 4.78 is 24.7. The van der Waals surface area contributed by atoms with Crippen LogP contribution in [0.3, 0.4) is 0 Å². The summed E-state index contributed by atoms with van der Waals surface area (Å²) in [6.45, 7) is 7.17. The fraction of sp³-hybridized carbons (Fsp3) is 0.388. The van der Waals surface area contributed by atoms with Gasteiger partial charge in [0.05, 0.1) is 35.4 Å². The van der Waals surface area contributed by atoms with Gasteiger partial charge < -0.3 is 34.5 Å². The Balaban J connectivity index is 1.22. The van der Waals surface area contributed by atoms with Gasteiger partial charge >= 0.3 is 17.9 Å². The van der Waals surface area contributed by atoms with Crippen LogP contribution in [0, 0.1) is 22.7 Å². The molecule has 1 saturated heterocycles. The molecule has 2 heterocycles. The fourth-order valence-corrected chi connectivity index (χ4v) is 10.1. The molecule has 4 aromatic rings. The molecule has 3 aliphatic carbocycles. The summed E-state index contributed by atoms with van der Waals surface area (Å²) in [7, 11) is 0. The number of nitrogens with one attached hydrogen (secondary N) is 1. The molecule has 0 radical (unpaired) electrons. The molecule has 1 aromatic heterocycles. The van der Waals surface area contributed by atoms with Crippen molar-refractivity contribution in [1.82, 2.24) is 10.3 Å². The summed E-state index contributed by atoms with van der Waals surface area (Å²) in [6.07, 6.45) is -3.59. The molecule has 322 valence electrons. The molecular formula is C49H50N2O11. The molecule has 4 aliphatic rings. The highest BCUT2D eigenvalue weighted by molar-refractivity contribution is 5.96. The molecule has 13 nitrogen and oxygen atoms in total. The van der Waals surface area contributed by atoms with Crippen LogP contribution in [-0.2, 0) is 28.5 Å². The van der Waals surface area contributed by atoms with E-state index in [0.717, 1.165) is 0 Å². The van der Waals surface area contributed by atoms with Crippen molar-refractivity contribution in [3.8, 4) is 0 Å². The highest BCUT2D eigenvalue weighted by Gasteiger charge is 2.70. The number of nitrogens with zero attached hydrogens (tertiary/aromatic N) is 1. The van der Waals surface area contributed by atoms with Gasteiger partial charge in [0.25, 0.3) is 5.91 Å². The number of fused-ring (bicyclic) bond motifs is 5. The zero-order chi connectivity index (χ0) is 44.0. The van der Waals surface area contributed by atoms with Gasteiger partial charge in [-0.25, -0.2) is 14.4 Å². The van der Waals surface area contributed by atoms with Gasteiger partial charge in [-0.2, -0.15) is 0 Å². The van der Waals surface area contributed by atoms with Crippen LogP contribution in [0.15, 0.2) is 127 Å². The monoisotopic (exact) mass is 842 g/mol. The van der Waals surface area contributed by atoms with Gasteiger partial charge in [0.1, 0.15) is 29.6 Å². The number of amides is 1. The van der Waals surface area contributed by atoms with Gasteiger partial charge in [-0.3, -0.25) is 14.6 Å². The number of hydrogen-bond donors (Lipinski definition) is 3. The van der Waals surface area contributed by atoms with Crippen LogP contribution in [0.25, 0.3) is 0 Å². The summed E-state index contributed by atoms with van der Waals surface area (Å²) >= 11 is 0. The third-order valence-electron chi connectivity index (χ3n) is 14.0. The maximum Gasteiger partial charge on any atom is 0.350 e. The van der Waals surface area contributed by atoms with E-state index in [1.807, 2.05) is 0 Å². The van der Waals surface area contributed by atoms with E-state index in [9.17, 15) is 34.2 Å². The Bertz CT molecular complexity index is 2370. The summed E-state index contributed by atoms with van der Waals surface area (Å²) in [5, 5.41) is 28.2. The number of benzene rings is 3. The molecule has 2 saturated carbocycles. The van der Waals surface area contributed by atoms with E-state index in [0.29, 0.717) is 16.7 Å². The molecule has 3 fully saturated rings. The Labute approximate surface area is 359 Å². The minimum atomic E-state index is -2.01. The summed E-state index contributed by atoms with van der Waals surface area (Å²) in [5.41, 5.74) is -2.81. The Morgan fingerprint density at radius 1 is 0.839 bits per heavy atom. The topological polar surface area (TPSA) is 188 Å². The van der Waals surface area contributed by atoms with Crippen molar-refractivity contribution < 1.29 is 53.1 Å². The molecule has 1 unspecified atom stereocenters. The SMILES string of the molecule is CC1=C2CC(=O)[C@]3(C)[C@@H](O)C[C@H]4OCC4[C@H]3[C@H](OC(=O)c3ccccc3)[C@](O)(C[C@@H]1OC(=O)[C@H](OC(=O)c1cccnc1)[C@@H](NC(=O)c1ccccc1)c1ccccc1)C2(C)C. The second-order valence-corrected chi connectivity index (χ2v) is 17.5. The van der Waals surface area contributed by atoms with Crippen molar-refractivity contribution in [3.05, 3.63) is 149 Å². The molecule has 1 amide bonds. The molecule has 0 spiro atoms. The Hall–Kier alpha value is -6.02. The predicted molar refractivity (Wildman–Crippen MR) is 223 cm³/mol. The van der Waals surface area contributed by atoms with E-state index in [-0.39, 0.29) is 54.3 Å². The molecule has 8 rings (SSSR count). The molecule has 2 bridgehead atoms. The summed E-state index contributed by atoms with van der Waals surface area (Å²) in [5.74, 6) is -4.82. The van der Waals surface area contributed by atoms with Gasteiger partial charge in [0.15, 0.2) is 0 Å². The molecule has 10 atom stereocenters. The van der Waals surface area contributed by atoms with Crippen LogP contribution in [-0.4, -0.2) is 87.5 Å². The lowest BCUT2D eigenvalue weighted by atomic mass is 9.46. The number of carbonyl (C=O) groups excluding carboxylic acids is 5. The molecule has 3 N–H and O–H groups in total. The number of aromatic nitrogens is 1. The van der Waals surface area contributed by atoms with E-state index >= 15 is 0 Å². The first-order valence-electron chi connectivity index (χ1n) is 20.9. The van der Waals surface area contributed by atoms with Crippen molar-refractivity contribution in [2.24, 2.45) is 22.7 Å². The lowest BCUT2D eigenvalue weighted by Crippen LogP contribution is -2.73. The number of esters is 3. The van der Waals surface area contributed by atoms with Crippen LogP contribution in [0.4, 0.5) is 0 Å². The van der Waals surface area contributed by atoms with E-state index in [2.05, 4.69) is 10.3 Å². The smallest absolute Gasteiger partial charge is 0.350 e. The number of rotatable bonds is 10. The number of aliphatic hydroxyl groups is 2. The quantitative estimate of drug-likeness (QED) is 0.0996. The molecular weight excluding hydrogens is 793 g/mol. The number of ketones is 1. The van der Waals surface area contributed by atoms with Gasteiger partial charge in [0.2, 0.25) is 6.10 Å². The summed E-state index contributed by atoms with van der Waals surface area (Å²) in [6, 6.07) is 26.9. The average Bonchev–Trinajstić information content (AvgIpc) is 3.27. The van der Waals surface area contributed by atoms with Crippen LogP contribution in [0.5, 0.6) is 0 Å². The average molecular weight is 843 g/mol. The molecule has 3 aromatic carbocycles.